The molecule has 0 aliphatic carbocycles. The maximum atomic E-state index is 10.7. The van der Waals surface area contributed by atoms with Crippen molar-refractivity contribution >= 4 is 5.97 Å². The van der Waals surface area contributed by atoms with E-state index in [9.17, 15) is 4.79 Å². The number of carbonyl (C=O) groups excluding carboxylic acids is 1. The van der Waals surface area contributed by atoms with Crippen LogP contribution >= 0.6 is 0 Å². The highest BCUT2D eigenvalue weighted by molar-refractivity contribution is 5.81. The first-order valence-corrected chi connectivity index (χ1v) is 4.82. The van der Waals surface area contributed by atoms with E-state index in [4.69, 9.17) is 15.3 Å². The van der Waals surface area contributed by atoms with Crippen molar-refractivity contribution in [1.29, 1.82) is 10.5 Å². The molecule has 0 aliphatic heterocycles. The minimum absolute atomic E-state index is 0.0349. The van der Waals surface area contributed by atoms with Crippen LogP contribution in [0.25, 0.3) is 0 Å². The van der Waals surface area contributed by atoms with Gasteiger partial charge in [-0.25, -0.2) is 4.79 Å². The monoisotopic (exact) mass is 231 g/mol. The van der Waals surface area contributed by atoms with Gasteiger partial charge in [0.2, 0.25) is 0 Å². The lowest BCUT2D eigenvalue weighted by Crippen LogP contribution is -2.18. The van der Waals surface area contributed by atoms with Gasteiger partial charge in [-0.2, -0.15) is 10.5 Å². The summed E-state index contributed by atoms with van der Waals surface area (Å²) in [4.78, 5) is 12.5. The number of esters is 1. The van der Waals surface area contributed by atoms with Crippen LogP contribution in [0.15, 0.2) is 36.6 Å². The number of rotatable bonds is 6. The summed E-state index contributed by atoms with van der Waals surface area (Å²) in [6.07, 6.45) is 5.77. The molecule has 0 radical (unpaired) electrons. The van der Waals surface area contributed by atoms with Crippen molar-refractivity contribution in [3.8, 4) is 12.1 Å². The number of nitrogens with zero attached hydrogens (tertiary/aromatic N) is 3. The van der Waals surface area contributed by atoms with Gasteiger partial charge in [0, 0.05) is 13.1 Å². The van der Waals surface area contributed by atoms with Crippen LogP contribution in [-0.2, 0) is 9.53 Å². The molecule has 0 amide bonds. The lowest BCUT2D eigenvalue weighted by Gasteiger charge is -2.12. The zero-order valence-corrected chi connectivity index (χ0v) is 9.59. The molecule has 0 aromatic heterocycles. The molecule has 0 unspecified atom stereocenters. The SMILES string of the molecule is C=CC(=O)OCCN(C)C=CC=C(C#N)C#N. The summed E-state index contributed by atoms with van der Waals surface area (Å²) in [6.45, 7) is 4.04. The van der Waals surface area contributed by atoms with Gasteiger partial charge in [-0.15, -0.1) is 0 Å². The molecule has 5 nitrogen and oxygen atoms in total. The van der Waals surface area contributed by atoms with Gasteiger partial charge in [0.1, 0.15) is 24.3 Å². The van der Waals surface area contributed by atoms with Crippen LogP contribution in [0.5, 0.6) is 0 Å². The van der Waals surface area contributed by atoms with E-state index in [1.807, 2.05) is 0 Å². The Hall–Kier alpha value is -2.53. The predicted molar refractivity (Wildman–Crippen MR) is 62.2 cm³/mol. The van der Waals surface area contributed by atoms with Crippen LogP contribution in [0.3, 0.4) is 0 Å². The average Bonchev–Trinajstić information content (AvgIpc) is 2.34. The largest absolute Gasteiger partial charge is 0.461 e. The Balaban J connectivity index is 3.99. The maximum Gasteiger partial charge on any atom is 0.330 e. The predicted octanol–water partition coefficient (Wildman–Crippen LogP) is 1.13. The number of allylic oxidation sites excluding steroid dienone is 3. The van der Waals surface area contributed by atoms with Gasteiger partial charge in [0.15, 0.2) is 0 Å². The average molecular weight is 231 g/mol. The van der Waals surface area contributed by atoms with Gasteiger partial charge in [0.05, 0.1) is 6.54 Å². The summed E-state index contributed by atoms with van der Waals surface area (Å²) >= 11 is 0. The molecule has 0 saturated heterocycles. The molecule has 0 saturated carbocycles. The van der Waals surface area contributed by atoms with Gasteiger partial charge in [-0.1, -0.05) is 6.58 Å². The first kappa shape index (κ1) is 14.5. The minimum Gasteiger partial charge on any atom is -0.461 e. The topological polar surface area (TPSA) is 77.1 Å². The number of ether oxygens (including phenoxy) is 1. The molecule has 0 atom stereocenters. The summed E-state index contributed by atoms with van der Waals surface area (Å²) in [5, 5.41) is 16.9. The minimum atomic E-state index is -0.460. The molecule has 17 heavy (non-hydrogen) atoms. The molecule has 0 rings (SSSR count). The van der Waals surface area contributed by atoms with Crippen molar-refractivity contribution in [2.75, 3.05) is 20.2 Å². The van der Waals surface area contributed by atoms with Gasteiger partial charge in [0.25, 0.3) is 0 Å². The van der Waals surface area contributed by atoms with Crippen molar-refractivity contribution in [3.63, 3.8) is 0 Å². The van der Waals surface area contributed by atoms with Crippen LogP contribution in [-0.4, -0.2) is 31.1 Å². The van der Waals surface area contributed by atoms with Gasteiger partial charge in [-0.05, 0) is 18.4 Å². The zero-order valence-electron chi connectivity index (χ0n) is 9.59. The van der Waals surface area contributed by atoms with Crippen molar-refractivity contribution in [3.05, 3.63) is 36.6 Å². The van der Waals surface area contributed by atoms with Crippen LogP contribution < -0.4 is 0 Å². The Labute approximate surface area is 101 Å². The van der Waals surface area contributed by atoms with Crippen LogP contribution in [0.1, 0.15) is 0 Å². The third-order valence-corrected chi connectivity index (χ3v) is 1.70. The second-order valence-electron chi connectivity index (χ2n) is 3.00. The molecule has 0 N–H and O–H groups in total. The van der Waals surface area contributed by atoms with E-state index in [0.29, 0.717) is 6.54 Å². The number of carbonyl (C=O) groups is 1. The molecular weight excluding hydrogens is 218 g/mol. The van der Waals surface area contributed by atoms with E-state index in [2.05, 4.69) is 6.58 Å². The zero-order chi connectivity index (χ0) is 13.1. The summed E-state index contributed by atoms with van der Waals surface area (Å²) in [5.74, 6) is -0.460. The van der Waals surface area contributed by atoms with E-state index in [1.165, 1.54) is 6.08 Å². The van der Waals surface area contributed by atoms with E-state index >= 15 is 0 Å². The highest BCUT2D eigenvalue weighted by Gasteiger charge is 1.96. The van der Waals surface area contributed by atoms with Crippen LogP contribution in [0.2, 0.25) is 0 Å². The summed E-state index contributed by atoms with van der Waals surface area (Å²) in [7, 11) is 1.78. The summed E-state index contributed by atoms with van der Waals surface area (Å²) < 4.78 is 4.78. The van der Waals surface area contributed by atoms with Gasteiger partial charge in [-0.3, -0.25) is 0 Å². The molecule has 88 valence electrons. The third kappa shape index (κ3) is 7.40. The molecule has 0 aromatic rings. The second kappa shape index (κ2) is 8.75. The standard InChI is InChI=1S/C12H13N3O2/c1-3-12(16)17-8-7-15(2)6-4-5-11(9-13)10-14/h3-6H,1,7-8H2,2H3. The highest BCUT2D eigenvalue weighted by atomic mass is 16.5. The fraction of sp³-hybridized carbons (Fsp3) is 0.250. The maximum absolute atomic E-state index is 10.7. The van der Waals surface area contributed by atoms with E-state index in [1.54, 1.807) is 36.4 Å². The third-order valence-electron chi connectivity index (χ3n) is 1.70. The Morgan fingerprint density at radius 3 is 2.65 bits per heavy atom. The Kier molecular flexibility index (Phi) is 7.45. The summed E-state index contributed by atoms with van der Waals surface area (Å²) in [6, 6.07) is 3.48. The first-order chi connectivity index (χ1) is 8.13. The van der Waals surface area contributed by atoms with Crippen molar-refractivity contribution in [1.82, 2.24) is 4.90 Å². The molecular formula is C12H13N3O2. The number of hydrogen-bond donors (Lipinski definition) is 0. The van der Waals surface area contributed by atoms with Crippen LogP contribution in [0, 0.1) is 22.7 Å². The van der Waals surface area contributed by atoms with E-state index < -0.39 is 5.97 Å². The van der Waals surface area contributed by atoms with Crippen LogP contribution in [0.4, 0.5) is 0 Å². The lowest BCUT2D eigenvalue weighted by molar-refractivity contribution is -0.137. The molecule has 0 spiro atoms. The molecule has 0 aliphatic rings. The first-order valence-electron chi connectivity index (χ1n) is 4.82. The quantitative estimate of drug-likeness (QED) is 0.296. The fourth-order valence-electron chi connectivity index (χ4n) is 0.809. The number of nitriles is 2. The van der Waals surface area contributed by atoms with E-state index in [-0.39, 0.29) is 12.2 Å². The Bertz CT molecular complexity index is 394. The Morgan fingerprint density at radius 1 is 1.47 bits per heavy atom. The van der Waals surface area contributed by atoms with Crippen molar-refractivity contribution in [2.24, 2.45) is 0 Å². The lowest BCUT2D eigenvalue weighted by atomic mass is 10.3. The summed E-state index contributed by atoms with van der Waals surface area (Å²) in [5.41, 5.74) is 0.0349. The second-order valence-corrected chi connectivity index (χ2v) is 3.00. The fourth-order valence-corrected chi connectivity index (χ4v) is 0.809. The van der Waals surface area contributed by atoms with Crippen molar-refractivity contribution < 1.29 is 9.53 Å². The van der Waals surface area contributed by atoms with Gasteiger partial charge >= 0.3 is 5.97 Å². The molecule has 0 fully saturated rings. The molecule has 0 bridgehead atoms. The molecule has 0 aromatic carbocycles. The van der Waals surface area contributed by atoms with E-state index in [0.717, 1.165) is 6.08 Å². The molecule has 5 heteroatoms. The number of likely N-dealkylation sites (N-methyl/N-ethyl adjacent to an activating group) is 1. The Morgan fingerprint density at radius 2 is 2.12 bits per heavy atom. The van der Waals surface area contributed by atoms with Crippen molar-refractivity contribution in [2.45, 2.75) is 0 Å². The normalized spacial score (nSPS) is 8.88. The number of hydrogen-bond acceptors (Lipinski definition) is 5. The van der Waals surface area contributed by atoms with Gasteiger partial charge < -0.3 is 9.64 Å². The molecule has 0 heterocycles. The highest BCUT2D eigenvalue weighted by Crippen LogP contribution is 1.92. The smallest absolute Gasteiger partial charge is 0.330 e.